The number of benzene rings is 2. The number of hydrogen-bond donors (Lipinski definition) is 2. The Morgan fingerprint density at radius 2 is 1.74 bits per heavy atom. The van der Waals surface area contributed by atoms with E-state index in [1.807, 2.05) is 5.32 Å². The molecule has 0 unspecified atom stereocenters. The van der Waals surface area contributed by atoms with Crippen molar-refractivity contribution < 1.29 is 54.6 Å². The first-order valence-corrected chi connectivity index (χ1v) is 13.4. The van der Waals surface area contributed by atoms with Crippen LogP contribution in [0.15, 0.2) is 54.9 Å². The molecular formula is C29H21F8N5O4. The number of carbonyl (C=O) groups excluding carboxylic acids is 1. The zero-order valence-corrected chi connectivity index (χ0v) is 23.2. The number of nitrogens with zero attached hydrogens (tertiary/aromatic N) is 4. The molecule has 1 aliphatic rings. The number of hydrogen-bond acceptors (Lipinski definition) is 7. The maximum Gasteiger partial charge on any atom is 0.433 e. The molecular weight excluding hydrogens is 634 g/mol. The second kappa shape index (κ2) is 12.5. The fraction of sp³-hybridized carbons (Fsp3) is 0.276. The van der Waals surface area contributed by atoms with Crippen LogP contribution in [0.4, 0.5) is 40.8 Å². The van der Waals surface area contributed by atoms with Gasteiger partial charge in [-0.3, -0.25) is 9.78 Å². The molecule has 2 N–H and O–H groups in total. The lowest BCUT2D eigenvalue weighted by Crippen LogP contribution is -2.53. The predicted octanol–water partition coefficient (Wildman–Crippen LogP) is 5.18. The molecule has 2 atom stereocenters. The fourth-order valence-electron chi connectivity index (χ4n) is 5.01. The summed E-state index contributed by atoms with van der Waals surface area (Å²) in [5.41, 5.74) is -2.45. The van der Waals surface area contributed by atoms with Gasteiger partial charge in [0.15, 0.2) is 5.82 Å². The Balaban J connectivity index is 1.42. The van der Waals surface area contributed by atoms with E-state index in [1.165, 1.54) is 30.5 Å². The third-order valence-corrected chi connectivity index (χ3v) is 7.17. The minimum Gasteiger partial charge on any atom is -0.480 e. The number of carboxylic acid groups (broad SMARTS) is 1. The number of anilines is 1. The SMILES string of the molecule is O=C(N[C@@H](Cc1ccc(-c2nccc(C(F)(F)F)n2)c2ncccc12)C(=O)O)c1c(F)cc(N2CCOC[C@@H]2C(F)(F)F)cc1F. The monoisotopic (exact) mass is 655 g/mol. The lowest BCUT2D eigenvalue weighted by molar-refractivity contribution is -0.167. The molecule has 46 heavy (non-hydrogen) atoms. The van der Waals surface area contributed by atoms with Crippen molar-refractivity contribution in [3.05, 3.63) is 83.3 Å². The van der Waals surface area contributed by atoms with E-state index >= 15 is 8.78 Å². The number of rotatable bonds is 7. The Hall–Kier alpha value is -4.93. The number of aliphatic carboxylic acids is 1. The van der Waals surface area contributed by atoms with Crippen molar-refractivity contribution >= 4 is 28.5 Å². The molecule has 0 saturated carbocycles. The maximum atomic E-state index is 15.1. The topological polar surface area (TPSA) is 118 Å². The second-order valence-electron chi connectivity index (χ2n) is 10.1. The molecule has 0 bridgehead atoms. The van der Waals surface area contributed by atoms with Crippen LogP contribution in [0.25, 0.3) is 22.3 Å². The summed E-state index contributed by atoms with van der Waals surface area (Å²) in [4.78, 5) is 37.4. The molecule has 1 amide bonds. The van der Waals surface area contributed by atoms with Gasteiger partial charge in [0.05, 0.1) is 18.7 Å². The Morgan fingerprint density at radius 1 is 1.02 bits per heavy atom. The summed E-state index contributed by atoms with van der Waals surface area (Å²) in [7, 11) is 0. The number of carbonyl (C=O) groups is 2. The summed E-state index contributed by atoms with van der Waals surface area (Å²) in [6.45, 7) is -1.25. The van der Waals surface area contributed by atoms with Crippen molar-refractivity contribution in [1.29, 1.82) is 0 Å². The van der Waals surface area contributed by atoms with Crippen LogP contribution in [-0.2, 0) is 22.1 Å². The van der Waals surface area contributed by atoms with Crippen molar-refractivity contribution in [1.82, 2.24) is 20.3 Å². The highest BCUT2D eigenvalue weighted by Crippen LogP contribution is 2.34. The van der Waals surface area contributed by atoms with E-state index in [0.29, 0.717) is 23.1 Å². The number of fused-ring (bicyclic) bond motifs is 1. The highest BCUT2D eigenvalue weighted by atomic mass is 19.4. The van der Waals surface area contributed by atoms with E-state index in [0.717, 1.165) is 6.20 Å². The van der Waals surface area contributed by atoms with Crippen LogP contribution in [-0.4, -0.2) is 70.0 Å². The molecule has 3 heterocycles. The van der Waals surface area contributed by atoms with Gasteiger partial charge < -0.3 is 20.1 Å². The smallest absolute Gasteiger partial charge is 0.433 e. The van der Waals surface area contributed by atoms with E-state index in [4.69, 9.17) is 4.74 Å². The van der Waals surface area contributed by atoms with E-state index in [1.54, 1.807) is 0 Å². The van der Waals surface area contributed by atoms with Gasteiger partial charge in [0.1, 0.15) is 35.0 Å². The van der Waals surface area contributed by atoms with Crippen LogP contribution in [0.3, 0.4) is 0 Å². The number of nitrogens with one attached hydrogen (secondary N) is 1. The van der Waals surface area contributed by atoms with Crippen molar-refractivity contribution in [3.8, 4) is 11.4 Å². The molecule has 0 radical (unpaired) electrons. The summed E-state index contributed by atoms with van der Waals surface area (Å²) in [5, 5.41) is 12.1. The average molecular weight is 656 g/mol. The van der Waals surface area contributed by atoms with Crippen LogP contribution in [0.1, 0.15) is 21.6 Å². The Labute approximate surface area is 253 Å². The maximum absolute atomic E-state index is 15.1. The standard InChI is InChI=1S/C29H21F8N5O4/c30-18-11-15(42-8-9-46-13-22(42)29(35,36)37)12-19(31)23(18)26(43)40-20(27(44)45)10-14-3-4-17(24-16(14)2-1-6-38-24)25-39-7-5-21(41-25)28(32,33)34/h1-7,11-12,20,22H,8-10,13H2,(H,40,43)(H,44,45)/t20-,22+/m0/s1. The molecule has 0 spiro atoms. The molecule has 1 saturated heterocycles. The Bertz CT molecular complexity index is 1780. The molecule has 1 fully saturated rings. The molecule has 0 aliphatic carbocycles. The first-order chi connectivity index (χ1) is 21.6. The summed E-state index contributed by atoms with van der Waals surface area (Å²) < 4.78 is 115. The van der Waals surface area contributed by atoms with Gasteiger partial charge >= 0.3 is 18.3 Å². The van der Waals surface area contributed by atoms with Crippen LogP contribution in [0, 0.1) is 11.6 Å². The van der Waals surface area contributed by atoms with E-state index < -0.39 is 77.9 Å². The van der Waals surface area contributed by atoms with Gasteiger partial charge in [-0.2, -0.15) is 26.3 Å². The van der Waals surface area contributed by atoms with Crippen LogP contribution in [0.2, 0.25) is 0 Å². The molecule has 2 aromatic heterocycles. The van der Waals surface area contributed by atoms with Gasteiger partial charge in [-0.15, -0.1) is 0 Å². The molecule has 242 valence electrons. The number of alkyl halides is 6. The summed E-state index contributed by atoms with van der Waals surface area (Å²) in [6.07, 6.45) is -7.74. The van der Waals surface area contributed by atoms with E-state index in [2.05, 4.69) is 15.0 Å². The van der Waals surface area contributed by atoms with Crippen molar-refractivity contribution in [2.45, 2.75) is 30.9 Å². The number of amides is 1. The highest BCUT2D eigenvalue weighted by molar-refractivity contribution is 5.98. The average Bonchev–Trinajstić information content (AvgIpc) is 2.99. The third-order valence-electron chi connectivity index (χ3n) is 7.17. The molecule has 4 aromatic rings. The molecule has 9 nitrogen and oxygen atoms in total. The van der Waals surface area contributed by atoms with Gasteiger partial charge in [0.2, 0.25) is 0 Å². The Kier molecular flexibility index (Phi) is 8.79. The summed E-state index contributed by atoms with van der Waals surface area (Å²) in [5.74, 6) is -6.44. The number of pyridine rings is 1. The highest BCUT2D eigenvalue weighted by Gasteiger charge is 2.46. The molecule has 17 heteroatoms. The summed E-state index contributed by atoms with van der Waals surface area (Å²) in [6, 6.07) is 3.46. The molecule has 2 aromatic carbocycles. The number of carboxylic acids is 1. The van der Waals surface area contributed by atoms with Crippen molar-refractivity contribution in [2.75, 3.05) is 24.7 Å². The van der Waals surface area contributed by atoms with Gasteiger partial charge in [0, 0.05) is 42.0 Å². The van der Waals surface area contributed by atoms with Crippen LogP contribution >= 0.6 is 0 Å². The van der Waals surface area contributed by atoms with Crippen molar-refractivity contribution in [2.24, 2.45) is 0 Å². The van der Waals surface area contributed by atoms with Crippen molar-refractivity contribution in [3.63, 3.8) is 0 Å². The quantitative estimate of drug-likeness (QED) is 0.262. The first-order valence-electron chi connectivity index (χ1n) is 13.4. The minimum atomic E-state index is -4.78. The zero-order chi connectivity index (χ0) is 33.4. The number of aromatic nitrogens is 3. The molecule has 1 aliphatic heterocycles. The molecule has 5 rings (SSSR count). The number of ether oxygens (including phenoxy) is 1. The first kappa shape index (κ1) is 32.5. The minimum absolute atomic E-state index is 0.0959. The van der Waals surface area contributed by atoms with Gasteiger partial charge in [0.25, 0.3) is 5.91 Å². The van der Waals surface area contributed by atoms with Gasteiger partial charge in [-0.25, -0.2) is 23.5 Å². The Morgan fingerprint density at radius 3 is 2.39 bits per heavy atom. The van der Waals surface area contributed by atoms with Gasteiger partial charge in [-0.1, -0.05) is 12.1 Å². The normalized spacial score (nSPS) is 16.3. The van der Waals surface area contributed by atoms with Crippen LogP contribution < -0.4 is 10.2 Å². The zero-order valence-electron chi connectivity index (χ0n) is 23.2. The summed E-state index contributed by atoms with van der Waals surface area (Å²) >= 11 is 0. The largest absolute Gasteiger partial charge is 0.480 e. The predicted molar refractivity (Wildman–Crippen MR) is 145 cm³/mol. The fourth-order valence-corrected chi connectivity index (χ4v) is 5.01. The third kappa shape index (κ3) is 6.68. The second-order valence-corrected chi connectivity index (χ2v) is 10.1. The number of morpholine rings is 1. The van der Waals surface area contributed by atoms with E-state index in [-0.39, 0.29) is 41.0 Å². The van der Waals surface area contributed by atoms with Gasteiger partial charge in [-0.05, 0) is 35.9 Å². The lowest BCUT2D eigenvalue weighted by Gasteiger charge is -2.38. The van der Waals surface area contributed by atoms with E-state index in [9.17, 15) is 41.0 Å². The van der Waals surface area contributed by atoms with Crippen LogP contribution in [0.5, 0.6) is 0 Å². The lowest BCUT2D eigenvalue weighted by atomic mass is 9.97. The number of halogens is 8.